The van der Waals surface area contributed by atoms with E-state index < -0.39 is 12.9 Å². The molecule has 3 aromatic rings. The van der Waals surface area contributed by atoms with E-state index in [1.807, 2.05) is 97.9 Å². The van der Waals surface area contributed by atoms with E-state index in [9.17, 15) is 10.0 Å². The van der Waals surface area contributed by atoms with Gasteiger partial charge in [0.25, 0.3) is 0 Å². The molecule has 0 aromatic heterocycles. The molecule has 0 bridgehead atoms. The van der Waals surface area contributed by atoms with Gasteiger partial charge in [-0.2, -0.15) is 0 Å². The maximum Gasteiger partial charge on any atom is 1.00 e. The minimum Gasteiger partial charge on any atom is -0.871 e. The summed E-state index contributed by atoms with van der Waals surface area (Å²) >= 11 is 0. The van der Waals surface area contributed by atoms with Crippen LogP contribution in [0.1, 0.15) is 36.0 Å². The van der Waals surface area contributed by atoms with Crippen LogP contribution in [-0.2, 0) is 10.3 Å². The van der Waals surface area contributed by atoms with Crippen LogP contribution in [0.3, 0.4) is 0 Å². The molecule has 3 rings (SSSR count). The molecule has 0 N–H and O–H groups in total. The second kappa shape index (κ2) is 11.7. The summed E-state index contributed by atoms with van der Waals surface area (Å²) in [7, 11) is -2.40. The van der Waals surface area contributed by atoms with Crippen molar-refractivity contribution >= 4 is 7.32 Å². The van der Waals surface area contributed by atoms with E-state index >= 15 is 0 Å². The topological polar surface area (TPSA) is 55.3 Å². The first-order valence-electron chi connectivity index (χ1n) is 8.84. The standard InChI is InChI=1S/C22H21BO3.2Li/c1-2-21(18-12-6-3-7-13-18)22(26-23(24)25,19-14-8-4-9-15-19)20-16-10-5-11-17-20;;/h3-17,21H,2H2,1H3;;/q-2;2*+1. The summed E-state index contributed by atoms with van der Waals surface area (Å²) in [6.07, 6.45) is 0.709. The predicted octanol–water partition coefficient (Wildman–Crippen LogP) is -3.15. The molecule has 0 amide bonds. The van der Waals surface area contributed by atoms with Gasteiger partial charge in [0.15, 0.2) is 0 Å². The Bertz CT molecular complexity index is 762. The van der Waals surface area contributed by atoms with E-state index in [1.165, 1.54) is 0 Å². The zero-order valence-corrected chi connectivity index (χ0v) is 16.7. The molecule has 1 unspecified atom stereocenters. The second-order valence-corrected chi connectivity index (χ2v) is 6.25. The maximum absolute atomic E-state index is 11.8. The van der Waals surface area contributed by atoms with Crippen molar-refractivity contribution in [3.05, 3.63) is 108 Å². The first kappa shape index (κ1) is 24.8. The molecule has 0 spiro atoms. The van der Waals surface area contributed by atoms with Gasteiger partial charge in [0, 0.05) is 5.92 Å². The molecular formula is C22H21BLi2O3. The molecule has 0 aliphatic rings. The van der Waals surface area contributed by atoms with Crippen molar-refractivity contribution in [3.63, 3.8) is 0 Å². The Morgan fingerprint density at radius 3 is 1.50 bits per heavy atom. The number of hydrogen-bond donors (Lipinski definition) is 0. The van der Waals surface area contributed by atoms with Gasteiger partial charge in [-0.1, -0.05) is 97.9 Å². The second-order valence-electron chi connectivity index (χ2n) is 6.25. The molecule has 1 atom stereocenters. The minimum absolute atomic E-state index is 0. The van der Waals surface area contributed by atoms with Crippen LogP contribution < -0.4 is 47.8 Å². The monoisotopic (exact) mass is 358 g/mol. The van der Waals surface area contributed by atoms with E-state index in [0.717, 1.165) is 16.7 Å². The molecule has 0 fully saturated rings. The SMILES string of the molecule is CCC(c1ccccc1)C(OB([O-])[O-])(c1ccccc1)c1ccccc1.[Li+].[Li+]. The molecule has 0 heterocycles. The number of benzene rings is 3. The number of rotatable bonds is 7. The van der Waals surface area contributed by atoms with E-state index in [-0.39, 0.29) is 43.6 Å². The summed E-state index contributed by atoms with van der Waals surface area (Å²) in [4.78, 5) is 0. The van der Waals surface area contributed by atoms with Gasteiger partial charge in [0.05, 0.1) is 7.32 Å². The van der Waals surface area contributed by atoms with Crippen LogP contribution in [-0.4, -0.2) is 7.32 Å². The van der Waals surface area contributed by atoms with Crippen LogP contribution in [0.2, 0.25) is 0 Å². The van der Waals surface area contributed by atoms with Gasteiger partial charge < -0.3 is 14.7 Å². The summed E-state index contributed by atoms with van der Waals surface area (Å²) in [5.41, 5.74) is 1.49. The third-order valence-corrected chi connectivity index (χ3v) is 4.79. The minimum atomic E-state index is -2.40. The largest absolute Gasteiger partial charge is 1.00 e. The molecule has 132 valence electrons. The van der Waals surface area contributed by atoms with Crippen LogP contribution in [0.5, 0.6) is 0 Å². The van der Waals surface area contributed by atoms with Crippen molar-refractivity contribution in [1.82, 2.24) is 0 Å². The Balaban J connectivity index is 0.00000196. The van der Waals surface area contributed by atoms with Gasteiger partial charge >= 0.3 is 37.7 Å². The van der Waals surface area contributed by atoms with Gasteiger partial charge in [0.2, 0.25) is 0 Å². The first-order valence-corrected chi connectivity index (χ1v) is 8.84. The quantitative estimate of drug-likeness (QED) is 0.420. The van der Waals surface area contributed by atoms with E-state index in [2.05, 4.69) is 0 Å². The van der Waals surface area contributed by atoms with Crippen LogP contribution in [0.15, 0.2) is 91.0 Å². The molecule has 0 aliphatic heterocycles. The van der Waals surface area contributed by atoms with Crippen molar-refractivity contribution < 1.29 is 52.4 Å². The van der Waals surface area contributed by atoms with Gasteiger partial charge in [-0.15, -0.1) is 0 Å². The van der Waals surface area contributed by atoms with Gasteiger partial charge in [0.1, 0.15) is 5.60 Å². The Morgan fingerprint density at radius 1 is 0.750 bits per heavy atom. The Labute approximate surface area is 191 Å². The molecular weight excluding hydrogens is 337 g/mol. The third kappa shape index (κ3) is 5.24. The third-order valence-electron chi connectivity index (χ3n) is 4.79. The molecule has 3 aromatic carbocycles. The summed E-state index contributed by atoms with van der Waals surface area (Å²) in [5, 5.41) is 23.5. The Morgan fingerprint density at radius 2 is 1.14 bits per heavy atom. The van der Waals surface area contributed by atoms with Crippen molar-refractivity contribution in [2.24, 2.45) is 0 Å². The van der Waals surface area contributed by atoms with Crippen LogP contribution in [0.4, 0.5) is 0 Å². The fraction of sp³-hybridized carbons (Fsp3) is 0.182. The van der Waals surface area contributed by atoms with Crippen molar-refractivity contribution in [2.75, 3.05) is 0 Å². The van der Waals surface area contributed by atoms with E-state index in [0.29, 0.717) is 6.42 Å². The van der Waals surface area contributed by atoms with Gasteiger partial charge in [-0.05, 0) is 23.1 Å². The molecule has 0 aliphatic carbocycles. The fourth-order valence-electron chi connectivity index (χ4n) is 3.75. The summed E-state index contributed by atoms with van der Waals surface area (Å²) in [5.74, 6) is -0.182. The van der Waals surface area contributed by atoms with E-state index in [1.54, 1.807) is 0 Å². The van der Waals surface area contributed by atoms with Gasteiger partial charge in [-0.25, -0.2) is 0 Å². The average Bonchev–Trinajstić information content (AvgIpc) is 2.69. The van der Waals surface area contributed by atoms with E-state index in [4.69, 9.17) is 4.65 Å². The molecule has 3 nitrogen and oxygen atoms in total. The van der Waals surface area contributed by atoms with Crippen molar-refractivity contribution in [3.8, 4) is 0 Å². The Kier molecular flexibility index (Phi) is 10.4. The maximum atomic E-state index is 11.8. The van der Waals surface area contributed by atoms with Gasteiger partial charge in [-0.3, -0.25) is 0 Å². The zero-order chi connectivity index (χ0) is 18.4. The normalized spacial score (nSPS) is 11.7. The summed E-state index contributed by atoms with van der Waals surface area (Å²) in [6, 6.07) is 29.0. The van der Waals surface area contributed by atoms with Crippen LogP contribution in [0, 0.1) is 0 Å². The van der Waals surface area contributed by atoms with Crippen molar-refractivity contribution in [2.45, 2.75) is 24.9 Å². The van der Waals surface area contributed by atoms with Crippen LogP contribution in [0.25, 0.3) is 0 Å². The van der Waals surface area contributed by atoms with Crippen LogP contribution >= 0.6 is 0 Å². The van der Waals surface area contributed by atoms with Crippen molar-refractivity contribution in [1.29, 1.82) is 0 Å². The zero-order valence-electron chi connectivity index (χ0n) is 16.7. The molecule has 6 heteroatoms. The Hall–Kier alpha value is -1.20. The smallest absolute Gasteiger partial charge is 0.871 e. The molecule has 0 saturated carbocycles. The fourth-order valence-corrected chi connectivity index (χ4v) is 3.75. The average molecular weight is 358 g/mol. The first-order chi connectivity index (χ1) is 12.7. The molecule has 0 radical (unpaired) electrons. The molecule has 0 saturated heterocycles. The predicted molar refractivity (Wildman–Crippen MR) is 100.0 cm³/mol. The molecule has 28 heavy (non-hydrogen) atoms. The summed E-state index contributed by atoms with van der Waals surface area (Å²) in [6.45, 7) is 2.05. The number of hydrogen-bond acceptors (Lipinski definition) is 3. The summed E-state index contributed by atoms with van der Waals surface area (Å²) < 4.78 is 5.71.